The van der Waals surface area contributed by atoms with Gasteiger partial charge in [-0.3, -0.25) is 4.79 Å². The fourth-order valence-electron chi connectivity index (χ4n) is 3.31. The van der Waals surface area contributed by atoms with Crippen LogP contribution in [0, 0.1) is 0 Å². The standard InChI is InChI=1S/C20H23NO3S/c1-20(2)10-15-4-3-5-17(19(15)24-20)23-12-18(22)21(16-6-7-16)11-14-8-9-25-13-14/h3-5,8-9,13,16H,6-7,10-12H2,1-2H3. The van der Waals surface area contributed by atoms with E-state index in [1.807, 2.05) is 22.4 Å². The minimum absolute atomic E-state index is 0.0450. The highest BCUT2D eigenvalue weighted by molar-refractivity contribution is 7.07. The number of hydrogen-bond donors (Lipinski definition) is 0. The molecule has 1 saturated carbocycles. The predicted octanol–water partition coefficient (Wildman–Crippen LogP) is 4.03. The van der Waals surface area contributed by atoms with E-state index in [1.165, 1.54) is 5.56 Å². The van der Waals surface area contributed by atoms with Gasteiger partial charge in [0.15, 0.2) is 18.1 Å². The Kier molecular flexibility index (Phi) is 4.20. The molecule has 1 aromatic carbocycles. The first kappa shape index (κ1) is 16.5. The molecule has 2 aromatic rings. The van der Waals surface area contributed by atoms with Crippen LogP contribution in [0.1, 0.15) is 37.8 Å². The van der Waals surface area contributed by atoms with E-state index in [2.05, 4.69) is 31.4 Å². The molecular weight excluding hydrogens is 334 g/mol. The van der Waals surface area contributed by atoms with Crippen LogP contribution in [0.5, 0.6) is 11.5 Å². The number of benzene rings is 1. The van der Waals surface area contributed by atoms with E-state index < -0.39 is 0 Å². The fourth-order valence-corrected chi connectivity index (χ4v) is 3.97. The molecule has 1 aliphatic carbocycles. The minimum Gasteiger partial charge on any atom is -0.483 e. The number of nitrogens with zero attached hydrogens (tertiary/aromatic N) is 1. The summed E-state index contributed by atoms with van der Waals surface area (Å²) in [5.41, 5.74) is 2.12. The SMILES string of the molecule is CC1(C)Cc2cccc(OCC(=O)N(Cc3ccsc3)C3CC3)c2O1. The first-order valence-electron chi connectivity index (χ1n) is 8.76. The number of thiophene rings is 1. The highest BCUT2D eigenvalue weighted by atomic mass is 32.1. The van der Waals surface area contributed by atoms with E-state index in [-0.39, 0.29) is 18.1 Å². The van der Waals surface area contributed by atoms with Gasteiger partial charge in [-0.1, -0.05) is 12.1 Å². The van der Waals surface area contributed by atoms with Crippen molar-refractivity contribution in [1.29, 1.82) is 0 Å². The van der Waals surface area contributed by atoms with E-state index in [9.17, 15) is 4.79 Å². The Labute approximate surface area is 152 Å². The molecule has 0 unspecified atom stereocenters. The molecule has 2 heterocycles. The first-order chi connectivity index (χ1) is 12.0. The third-order valence-electron chi connectivity index (χ3n) is 4.65. The highest BCUT2D eigenvalue weighted by Crippen LogP contribution is 2.41. The van der Waals surface area contributed by atoms with Gasteiger partial charge in [0.2, 0.25) is 0 Å². The summed E-state index contributed by atoms with van der Waals surface area (Å²) in [6, 6.07) is 8.36. The number of ether oxygens (including phenoxy) is 2. The molecule has 0 atom stereocenters. The van der Waals surface area contributed by atoms with Gasteiger partial charge < -0.3 is 14.4 Å². The molecule has 0 N–H and O–H groups in total. The van der Waals surface area contributed by atoms with Crippen LogP contribution in [0.3, 0.4) is 0 Å². The summed E-state index contributed by atoms with van der Waals surface area (Å²) in [4.78, 5) is 14.7. The van der Waals surface area contributed by atoms with E-state index in [4.69, 9.17) is 9.47 Å². The third-order valence-corrected chi connectivity index (χ3v) is 5.38. The molecular formula is C20H23NO3S. The van der Waals surface area contributed by atoms with Crippen LogP contribution in [0.25, 0.3) is 0 Å². The van der Waals surface area contributed by atoms with E-state index in [0.29, 0.717) is 18.3 Å². The molecule has 1 aromatic heterocycles. The van der Waals surface area contributed by atoms with Gasteiger partial charge in [-0.05, 0) is 55.1 Å². The van der Waals surface area contributed by atoms with Crippen LogP contribution in [0.4, 0.5) is 0 Å². The lowest BCUT2D eigenvalue weighted by molar-refractivity contribution is -0.134. The van der Waals surface area contributed by atoms with Crippen LogP contribution in [0.15, 0.2) is 35.0 Å². The van der Waals surface area contributed by atoms with Gasteiger partial charge in [-0.25, -0.2) is 0 Å². The van der Waals surface area contributed by atoms with Crippen molar-refractivity contribution in [3.05, 3.63) is 46.2 Å². The Hall–Kier alpha value is -2.01. The van der Waals surface area contributed by atoms with Crippen LogP contribution >= 0.6 is 11.3 Å². The quantitative estimate of drug-likeness (QED) is 0.783. The van der Waals surface area contributed by atoms with Gasteiger partial charge in [0.05, 0.1) is 0 Å². The Balaban J connectivity index is 1.43. The Morgan fingerprint density at radius 3 is 2.92 bits per heavy atom. The Morgan fingerprint density at radius 2 is 2.20 bits per heavy atom. The number of carbonyl (C=O) groups excluding carboxylic acids is 1. The van der Waals surface area contributed by atoms with Crippen molar-refractivity contribution in [2.24, 2.45) is 0 Å². The summed E-state index contributed by atoms with van der Waals surface area (Å²) in [5, 5.41) is 4.15. The summed E-state index contributed by atoms with van der Waals surface area (Å²) >= 11 is 1.66. The van der Waals surface area contributed by atoms with Crippen LogP contribution in [-0.2, 0) is 17.8 Å². The van der Waals surface area contributed by atoms with Crippen molar-refractivity contribution in [1.82, 2.24) is 4.90 Å². The van der Waals surface area contributed by atoms with Gasteiger partial charge in [0, 0.05) is 24.6 Å². The lowest BCUT2D eigenvalue weighted by Gasteiger charge is -2.22. The molecule has 1 aliphatic heterocycles. The number of para-hydroxylation sites is 1. The number of rotatable bonds is 6. The lowest BCUT2D eigenvalue weighted by atomic mass is 10.0. The Bertz CT molecular complexity index is 765. The maximum atomic E-state index is 12.7. The fraction of sp³-hybridized carbons (Fsp3) is 0.450. The maximum Gasteiger partial charge on any atom is 0.261 e. The first-order valence-corrected chi connectivity index (χ1v) is 9.70. The second-order valence-corrected chi connectivity index (χ2v) is 8.24. The summed E-state index contributed by atoms with van der Waals surface area (Å²) in [7, 11) is 0. The Morgan fingerprint density at radius 1 is 1.36 bits per heavy atom. The highest BCUT2D eigenvalue weighted by Gasteiger charge is 2.34. The molecule has 132 valence electrons. The zero-order valence-electron chi connectivity index (χ0n) is 14.7. The number of hydrogen-bond acceptors (Lipinski definition) is 4. The average molecular weight is 357 g/mol. The molecule has 1 amide bonds. The molecule has 0 spiro atoms. The van der Waals surface area contributed by atoms with Gasteiger partial charge >= 0.3 is 0 Å². The number of fused-ring (bicyclic) bond motifs is 1. The predicted molar refractivity (Wildman–Crippen MR) is 98.2 cm³/mol. The average Bonchev–Trinajstić information content (AvgIpc) is 3.17. The van der Waals surface area contributed by atoms with Gasteiger partial charge in [-0.15, -0.1) is 0 Å². The number of amides is 1. The molecule has 4 nitrogen and oxygen atoms in total. The van der Waals surface area contributed by atoms with Crippen molar-refractivity contribution in [2.75, 3.05) is 6.61 Å². The van der Waals surface area contributed by atoms with Crippen molar-refractivity contribution in [3.63, 3.8) is 0 Å². The second kappa shape index (κ2) is 6.37. The maximum absolute atomic E-state index is 12.7. The minimum atomic E-state index is -0.217. The largest absolute Gasteiger partial charge is 0.483 e. The van der Waals surface area contributed by atoms with Crippen LogP contribution in [-0.4, -0.2) is 29.1 Å². The number of carbonyl (C=O) groups is 1. The van der Waals surface area contributed by atoms with E-state index in [0.717, 1.165) is 30.6 Å². The summed E-state index contributed by atoms with van der Waals surface area (Å²) in [6.45, 7) is 4.86. The summed E-state index contributed by atoms with van der Waals surface area (Å²) in [6.07, 6.45) is 3.04. The summed E-state index contributed by atoms with van der Waals surface area (Å²) < 4.78 is 11.9. The molecule has 5 heteroatoms. The summed E-state index contributed by atoms with van der Waals surface area (Å²) in [5.74, 6) is 1.50. The molecule has 0 bridgehead atoms. The van der Waals surface area contributed by atoms with Crippen molar-refractivity contribution in [3.8, 4) is 11.5 Å². The van der Waals surface area contributed by atoms with Crippen molar-refractivity contribution in [2.45, 2.75) is 51.3 Å². The lowest BCUT2D eigenvalue weighted by Crippen LogP contribution is -2.36. The smallest absolute Gasteiger partial charge is 0.261 e. The molecule has 0 radical (unpaired) electrons. The van der Waals surface area contributed by atoms with Gasteiger partial charge in [-0.2, -0.15) is 11.3 Å². The zero-order chi connectivity index (χ0) is 17.4. The van der Waals surface area contributed by atoms with Gasteiger partial charge in [0.25, 0.3) is 5.91 Å². The normalized spacial score (nSPS) is 17.7. The van der Waals surface area contributed by atoms with Crippen LogP contribution < -0.4 is 9.47 Å². The molecule has 4 rings (SSSR count). The van der Waals surface area contributed by atoms with Crippen molar-refractivity contribution < 1.29 is 14.3 Å². The molecule has 0 saturated heterocycles. The monoisotopic (exact) mass is 357 g/mol. The molecule has 1 fully saturated rings. The molecule has 2 aliphatic rings. The second-order valence-electron chi connectivity index (χ2n) is 7.46. The van der Waals surface area contributed by atoms with E-state index in [1.54, 1.807) is 11.3 Å². The molecule has 25 heavy (non-hydrogen) atoms. The topological polar surface area (TPSA) is 38.8 Å². The third kappa shape index (κ3) is 3.66. The van der Waals surface area contributed by atoms with Gasteiger partial charge in [0.1, 0.15) is 5.60 Å². The van der Waals surface area contributed by atoms with Crippen molar-refractivity contribution >= 4 is 17.2 Å². The zero-order valence-corrected chi connectivity index (χ0v) is 15.5. The van der Waals surface area contributed by atoms with Crippen LogP contribution in [0.2, 0.25) is 0 Å². The van der Waals surface area contributed by atoms with E-state index >= 15 is 0 Å².